The molecule has 1 N–H and O–H groups in total. The lowest BCUT2D eigenvalue weighted by Crippen LogP contribution is -2.44. The number of benzene rings is 2. The zero-order chi connectivity index (χ0) is 15.9. The van der Waals surface area contributed by atoms with E-state index < -0.39 is 5.54 Å². The molecule has 2 aromatic rings. The van der Waals surface area contributed by atoms with Crippen LogP contribution in [0.1, 0.15) is 11.1 Å². The fraction of sp³-hybridized carbons (Fsp3) is 0.125. The Bertz CT molecular complexity index is 768. The van der Waals surface area contributed by atoms with Gasteiger partial charge in [0.05, 0.1) is 4.47 Å². The first-order valence-corrected chi connectivity index (χ1v) is 7.78. The lowest BCUT2D eigenvalue weighted by molar-refractivity contribution is -0.129. The Morgan fingerprint density at radius 3 is 2.41 bits per heavy atom. The van der Waals surface area contributed by atoms with Crippen LogP contribution in [0.2, 0.25) is 0 Å². The molecule has 2 aromatic carbocycles. The third kappa shape index (κ3) is 2.14. The van der Waals surface area contributed by atoms with Crippen LogP contribution < -0.4 is 5.32 Å². The number of amides is 1. The van der Waals surface area contributed by atoms with Gasteiger partial charge in [-0.2, -0.15) is 0 Å². The topological polar surface area (TPSA) is 32.3 Å². The first-order chi connectivity index (χ1) is 10.5. The average Bonchev–Trinajstić information content (AvgIpc) is 2.76. The lowest BCUT2D eigenvalue weighted by atomic mass is 9.83. The van der Waals surface area contributed by atoms with Crippen LogP contribution in [0.5, 0.6) is 0 Å². The van der Waals surface area contributed by atoms with Crippen LogP contribution >= 0.6 is 28.1 Å². The normalized spacial score (nSPS) is 21.1. The minimum atomic E-state index is -1.14. The molecule has 1 aliphatic heterocycles. The van der Waals surface area contributed by atoms with Crippen LogP contribution in [0.25, 0.3) is 0 Å². The number of halogens is 2. The Labute approximate surface area is 141 Å². The molecule has 6 heteroatoms. The molecule has 0 aromatic heterocycles. The lowest BCUT2D eigenvalue weighted by Gasteiger charge is -2.28. The van der Waals surface area contributed by atoms with Crippen LogP contribution in [0.15, 0.2) is 53.0 Å². The van der Waals surface area contributed by atoms with E-state index in [-0.39, 0.29) is 11.7 Å². The van der Waals surface area contributed by atoms with Crippen LogP contribution in [0, 0.1) is 5.82 Å². The Morgan fingerprint density at radius 1 is 1.18 bits per heavy atom. The molecule has 1 unspecified atom stereocenters. The number of nitrogens with one attached hydrogen (secondary N) is 1. The molecule has 0 radical (unpaired) electrons. The maximum atomic E-state index is 13.6. The standard InChI is InChI=1S/C16H12BrFN2OS/c1-20-14(21)16(19-15(20)22,10-5-3-2-4-6-10)11-7-8-13(18)12(17)9-11/h2-9H,1H3,(H,19,22). The average molecular weight is 379 g/mol. The number of rotatable bonds is 2. The first-order valence-electron chi connectivity index (χ1n) is 6.58. The second-order valence-electron chi connectivity index (χ2n) is 5.04. The highest BCUT2D eigenvalue weighted by Crippen LogP contribution is 2.37. The molecule has 3 nitrogen and oxygen atoms in total. The molecule has 3 rings (SSSR count). The quantitative estimate of drug-likeness (QED) is 0.814. The van der Waals surface area contributed by atoms with Gasteiger partial charge in [-0.15, -0.1) is 0 Å². The van der Waals surface area contributed by atoms with Crippen molar-refractivity contribution in [2.75, 3.05) is 7.05 Å². The highest BCUT2D eigenvalue weighted by atomic mass is 79.9. The molecule has 0 aliphatic carbocycles. The molecule has 1 saturated heterocycles. The van der Waals surface area contributed by atoms with Crippen molar-refractivity contribution in [2.45, 2.75) is 5.54 Å². The van der Waals surface area contributed by atoms with Crippen molar-refractivity contribution >= 4 is 39.2 Å². The molecule has 1 aliphatic rings. The third-order valence-corrected chi connectivity index (χ3v) is 4.77. The van der Waals surface area contributed by atoms with Gasteiger partial charge in [0.1, 0.15) is 5.82 Å². The van der Waals surface area contributed by atoms with E-state index in [1.807, 2.05) is 30.3 Å². The molecule has 0 saturated carbocycles. The van der Waals surface area contributed by atoms with Crippen molar-refractivity contribution in [3.8, 4) is 0 Å². The molecule has 1 heterocycles. The van der Waals surface area contributed by atoms with Gasteiger partial charge >= 0.3 is 0 Å². The summed E-state index contributed by atoms with van der Waals surface area (Å²) in [5.41, 5.74) is 0.248. The van der Waals surface area contributed by atoms with E-state index in [0.29, 0.717) is 15.1 Å². The SMILES string of the molecule is CN1C(=O)C(c2ccccc2)(c2ccc(F)c(Br)c2)NC1=S. The van der Waals surface area contributed by atoms with Crippen LogP contribution in [0.4, 0.5) is 4.39 Å². The zero-order valence-electron chi connectivity index (χ0n) is 11.6. The van der Waals surface area contributed by atoms with E-state index in [1.165, 1.54) is 11.0 Å². The number of thiocarbonyl (C=S) groups is 1. The molecular formula is C16H12BrFN2OS. The van der Waals surface area contributed by atoms with Gasteiger partial charge in [-0.1, -0.05) is 36.4 Å². The summed E-state index contributed by atoms with van der Waals surface area (Å²) < 4.78 is 13.9. The smallest absolute Gasteiger partial charge is 0.263 e. The number of likely N-dealkylation sites (N-methyl/N-ethyl adjacent to an activating group) is 1. The van der Waals surface area contributed by atoms with Crippen molar-refractivity contribution in [3.63, 3.8) is 0 Å². The Hall–Kier alpha value is -1.79. The molecule has 1 atom stereocenters. The Kier molecular flexibility index (Phi) is 3.74. The molecule has 1 amide bonds. The van der Waals surface area contributed by atoms with Gasteiger partial charge in [0.15, 0.2) is 10.7 Å². The Morgan fingerprint density at radius 2 is 1.86 bits per heavy atom. The van der Waals surface area contributed by atoms with Gasteiger partial charge in [0.2, 0.25) is 0 Å². The summed E-state index contributed by atoms with van der Waals surface area (Å²) in [6.45, 7) is 0. The fourth-order valence-corrected chi connectivity index (χ4v) is 3.23. The number of hydrogen-bond acceptors (Lipinski definition) is 2. The summed E-state index contributed by atoms with van der Waals surface area (Å²) in [7, 11) is 1.63. The van der Waals surface area contributed by atoms with Gasteiger partial charge in [0.25, 0.3) is 5.91 Å². The van der Waals surface area contributed by atoms with E-state index in [9.17, 15) is 9.18 Å². The third-order valence-electron chi connectivity index (χ3n) is 3.78. The van der Waals surface area contributed by atoms with Gasteiger partial charge in [0, 0.05) is 7.05 Å². The summed E-state index contributed by atoms with van der Waals surface area (Å²) in [5, 5.41) is 3.45. The van der Waals surface area contributed by atoms with Crippen molar-refractivity contribution in [2.24, 2.45) is 0 Å². The Balaban J connectivity index is 2.27. The van der Waals surface area contributed by atoms with Crippen LogP contribution in [-0.2, 0) is 10.3 Å². The molecule has 0 bridgehead atoms. The maximum absolute atomic E-state index is 13.6. The summed E-state index contributed by atoms with van der Waals surface area (Å²) in [5.74, 6) is -0.574. The first kappa shape index (κ1) is 15.1. The summed E-state index contributed by atoms with van der Waals surface area (Å²) in [4.78, 5) is 14.3. The zero-order valence-corrected chi connectivity index (χ0v) is 14.0. The minimum Gasteiger partial charge on any atom is -0.341 e. The maximum Gasteiger partial charge on any atom is 0.263 e. The highest BCUT2D eigenvalue weighted by Gasteiger charge is 2.50. The predicted molar refractivity (Wildman–Crippen MR) is 89.8 cm³/mol. The van der Waals surface area contributed by atoms with E-state index in [4.69, 9.17) is 12.2 Å². The summed E-state index contributed by atoms with van der Waals surface area (Å²) in [6, 6.07) is 13.8. The molecule has 22 heavy (non-hydrogen) atoms. The largest absolute Gasteiger partial charge is 0.341 e. The van der Waals surface area contributed by atoms with Crippen molar-refractivity contribution in [1.29, 1.82) is 0 Å². The number of carbonyl (C=O) groups excluding carboxylic acids is 1. The molecule has 1 fully saturated rings. The van der Waals surface area contributed by atoms with Crippen LogP contribution in [0.3, 0.4) is 0 Å². The number of nitrogens with zero attached hydrogens (tertiary/aromatic N) is 1. The van der Waals surface area contributed by atoms with E-state index >= 15 is 0 Å². The monoisotopic (exact) mass is 378 g/mol. The molecular weight excluding hydrogens is 367 g/mol. The van der Waals surface area contributed by atoms with Gasteiger partial charge in [-0.05, 0) is 51.4 Å². The van der Waals surface area contributed by atoms with E-state index in [0.717, 1.165) is 5.56 Å². The van der Waals surface area contributed by atoms with Crippen molar-refractivity contribution < 1.29 is 9.18 Å². The number of carbonyl (C=O) groups is 1. The predicted octanol–water partition coefficient (Wildman–Crippen LogP) is 3.18. The molecule has 0 spiro atoms. The highest BCUT2D eigenvalue weighted by molar-refractivity contribution is 9.10. The second kappa shape index (κ2) is 5.44. The van der Waals surface area contributed by atoms with Gasteiger partial charge < -0.3 is 5.32 Å². The number of hydrogen-bond donors (Lipinski definition) is 1. The van der Waals surface area contributed by atoms with Crippen LogP contribution in [-0.4, -0.2) is 23.0 Å². The molecule has 112 valence electrons. The minimum absolute atomic E-state index is 0.192. The second-order valence-corrected chi connectivity index (χ2v) is 6.28. The van der Waals surface area contributed by atoms with Crippen molar-refractivity contribution in [1.82, 2.24) is 10.2 Å². The van der Waals surface area contributed by atoms with Gasteiger partial charge in [-0.3, -0.25) is 9.69 Å². The van der Waals surface area contributed by atoms with Crippen molar-refractivity contribution in [3.05, 3.63) is 69.9 Å². The van der Waals surface area contributed by atoms with E-state index in [2.05, 4.69) is 21.2 Å². The summed E-state index contributed by atoms with van der Waals surface area (Å²) in [6.07, 6.45) is 0. The fourth-order valence-electron chi connectivity index (χ4n) is 2.62. The summed E-state index contributed by atoms with van der Waals surface area (Å²) >= 11 is 8.41. The van der Waals surface area contributed by atoms with E-state index in [1.54, 1.807) is 19.2 Å². The van der Waals surface area contributed by atoms with Gasteiger partial charge in [-0.25, -0.2) is 4.39 Å².